The average molecular weight is 259 g/mol. The predicted molar refractivity (Wildman–Crippen MR) is 82.5 cm³/mol. The Labute approximate surface area is 118 Å². The van der Waals surface area contributed by atoms with Crippen molar-refractivity contribution in [3.05, 3.63) is 29.6 Å². The van der Waals surface area contributed by atoms with Gasteiger partial charge < -0.3 is 0 Å². The number of hydrogen-bond donors (Lipinski definition) is 0. The second-order valence-corrected chi connectivity index (χ2v) is 7.59. The van der Waals surface area contributed by atoms with Gasteiger partial charge in [-0.2, -0.15) is 0 Å². The highest BCUT2D eigenvalue weighted by Crippen LogP contribution is 2.42. The van der Waals surface area contributed by atoms with Gasteiger partial charge in [0.1, 0.15) is 0 Å². The molecule has 1 aromatic rings. The first-order chi connectivity index (χ1) is 8.88. The van der Waals surface area contributed by atoms with Gasteiger partial charge in [-0.15, -0.1) is 0 Å². The highest BCUT2D eigenvalue weighted by atomic mass is 14.7. The maximum atomic E-state index is 4.71. The first-order valence-corrected chi connectivity index (χ1v) is 7.83. The minimum absolute atomic E-state index is 0.472. The van der Waals surface area contributed by atoms with E-state index >= 15 is 0 Å². The van der Waals surface area contributed by atoms with Crippen LogP contribution in [0.25, 0.3) is 0 Å². The maximum Gasteiger partial charge on any atom is 0.0434 e. The Kier molecular flexibility index (Phi) is 4.32. The van der Waals surface area contributed by atoms with Crippen LogP contribution in [0.1, 0.15) is 83.4 Å². The van der Waals surface area contributed by atoms with E-state index in [0.717, 1.165) is 5.92 Å². The third-order valence-corrected chi connectivity index (χ3v) is 4.85. The van der Waals surface area contributed by atoms with E-state index in [9.17, 15) is 0 Å². The molecule has 0 bridgehead atoms. The lowest BCUT2D eigenvalue weighted by Crippen LogP contribution is -2.25. The Morgan fingerprint density at radius 1 is 1.05 bits per heavy atom. The molecule has 1 aliphatic rings. The molecule has 1 aromatic heterocycles. The predicted octanol–water partition coefficient (Wildman–Crippen LogP) is 5.52. The normalized spacial score (nSPS) is 24.7. The van der Waals surface area contributed by atoms with Gasteiger partial charge in [-0.05, 0) is 54.6 Å². The third kappa shape index (κ3) is 3.58. The van der Waals surface area contributed by atoms with Crippen molar-refractivity contribution in [2.24, 2.45) is 11.3 Å². The van der Waals surface area contributed by atoms with Crippen LogP contribution in [0.3, 0.4) is 0 Å². The van der Waals surface area contributed by atoms with Crippen LogP contribution in [0.5, 0.6) is 0 Å². The number of rotatable bonds is 2. The molecule has 0 aromatic carbocycles. The molecule has 2 rings (SSSR count). The summed E-state index contributed by atoms with van der Waals surface area (Å²) in [5, 5.41) is 0. The van der Waals surface area contributed by atoms with Crippen molar-refractivity contribution < 1.29 is 0 Å². The zero-order chi connectivity index (χ0) is 14.0. The van der Waals surface area contributed by atoms with Crippen LogP contribution >= 0.6 is 0 Å². The quantitative estimate of drug-likeness (QED) is 0.681. The van der Waals surface area contributed by atoms with E-state index in [4.69, 9.17) is 4.98 Å². The van der Waals surface area contributed by atoms with Gasteiger partial charge in [-0.25, -0.2) is 0 Å². The van der Waals surface area contributed by atoms with E-state index in [1.54, 1.807) is 0 Å². The van der Waals surface area contributed by atoms with E-state index in [0.29, 0.717) is 17.3 Å². The summed E-state index contributed by atoms with van der Waals surface area (Å²) in [6, 6.07) is 4.53. The molecular formula is C18H29N. The molecule has 0 atom stereocenters. The minimum atomic E-state index is 0.472. The number of pyridine rings is 1. The summed E-state index contributed by atoms with van der Waals surface area (Å²) >= 11 is 0. The lowest BCUT2D eigenvalue weighted by Gasteiger charge is -2.36. The summed E-state index contributed by atoms with van der Waals surface area (Å²) in [5.41, 5.74) is 3.14. The van der Waals surface area contributed by atoms with E-state index in [1.165, 1.54) is 36.9 Å². The van der Waals surface area contributed by atoms with E-state index < -0.39 is 0 Å². The SMILES string of the molecule is CC(C)c1ccc(C2CCC(C(C)(C)C)CC2)nc1. The van der Waals surface area contributed by atoms with Crippen LogP contribution < -0.4 is 0 Å². The molecule has 0 aliphatic heterocycles. The summed E-state index contributed by atoms with van der Waals surface area (Å²) in [7, 11) is 0. The van der Waals surface area contributed by atoms with Gasteiger partial charge >= 0.3 is 0 Å². The summed E-state index contributed by atoms with van der Waals surface area (Å²) in [6.45, 7) is 11.6. The van der Waals surface area contributed by atoms with Crippen molar-refractivity contribution in [2.75, 3.05) is 0 Å². The molecule has 0 saturated heterocycles. The highest BCUT2D eigenvalue weighted by Gasteiger charge is 2.30. The summed E-state index contributed by atoms with van der Waals surface area (Å²) < 4.78 is 0. The second-order valence-electron chi connectivity index (χ2n) is 7.59. The molecule has 19 heavy (non-hydrogen) atoms. The Morgan fingerprint density at radius 3 is 2.11 bits per heavy atom. The number of hydrogen-bond acceptors (Lipinski definition) is 1. The molecule has 0 amide bonds. The standard InChI is InChI=1S/C18H29N/c1-13(2)15-8-11-17(19-12-15)14-6-9-16(10-7-14)18(3,4)5/h8,11-14,16H,6-7,9-10H2,1-5H3. The topological polar surface area (TPSA) is 12.9 Å². The van der Waals surface area contributed by atoms with Crippen molar-refractivity contribution in [1.82, 2.24) is 4.98 Å². The molecule has 1 fully saturated rings. The Hall–Kier alpha value is -0.850. The lowest BCUT2D eigenvalue weighted by atomic mass is 9.69. The molecule has 1 nitrogen and oxygen atoms in total. The molecule has 0 spiro atoms. The van der Waals surface area contributed by atoms with E-state index in [2.05, 4.69) is 52.9 Å². The van der Waals surface area contributed by atoms with Gasteiger partial charge in [-0.3, -0.25) is 4.98 Å². The van der Waals surface area contributed by atoms with Gasteiger partial charge in [0.2, 0.25) is 0 Å². The molecule has 106 valence electrons. The number of aromatic nitrogens is 1. The molecule has 0 N–H and O–H groups in total. The fourth-order valence-corrected chi connectivity index (χ4v) is 3.25. The highest BCUT2D eigenvalue weighted by molar-refractivity contribution is 5.19. The largest absolute Gasteiger partial charge is 0.261 e. The maximum absolute atomic E-state index is 4.71. The van der Waals surface area contributed by atoms with Crippen molar-refractivity contribution in [2.45, 2.75) is 72.1 Å². The molecule has 1 heterocycles. The Morgan fingerprint density at radius 2 is 1.68 bits per heavy atom. The molecule has 0 radical (unpaired) electrons. The van der Waals surface area contributed by atoms with Gasteiger partial charge in [0.15, 0.2) is 0 Å². The van der Waals surface area contributed by atoms with Crippen molar-refractivity contribution in [3.63, 3.8) is 0 Å². The van der Waals surface area contributed by atoms with Crippen molar-refractivity contribution in [1.29, 1.82) is 0 Å². The Bertz CT molecular complexity index is 389. The van der Waals surface area contributed by atoms with Crippen LogP contribution in [0, 0.1) is 11.3 Å². The fourth-order valence-electron chi connectivity index (χ4n) is 3.25. The van der Waals surface area contributed by atoms with Crippen molar-refractivity contribution >= 4 is 0 Å². The van der Waals surface area contributed by atoms with Gasteiger partial charge in [-0.1, -0.05) is 40.7 Å². The smallest absolute Gasteiger partial charge is 0.0434 e. The van der Waals surface area contributed by atoms with Crippen LogP contribution in [0.2, 0.25) is 0 Å². The zero-order valence-corrected chi connectivity index (χ0v) is 13.2. The fraction of sp³-hybridized carbons (Fsp3) is 0.722. The molecule has 1 saturated carbocycles. The van der Waals surface area contributed by atoms with Gasteiger partial charge in [0, 0.05) is 17.8 Å². The van der Waals surface area contributed by atoms with Gasteiger partial charge in [0.25, 0.3) is 0 Å². The van der Waals surface area contributed by atoms with Gasteiger partial charge in [0.05, 0.1) is 0 Å². The minimum Gasteiger partial charge on any atom is -0.261 e. The van der Waals surface area contributed by atoms with E-state index in [1.807, 2.05) is 0 Å². The van der Waals surface area contributed by atoms with Crippen LogP contribution in [-0.2, 0) is 0 Å². The number of nitrogens with zero attached hydrogens (tertiary/aromatic N) is 1. The lowest BCUT2D eigenvalue weighted by molar-refractivity contribution is 0.168. The Balaban J connectivity index is 1.98. The summed E-state index contributed by atoms with van der Waals surface area (Å²) in [6.07, 6.45) is 7.44. The first-order valence-electron chi connectivity index (χ1n) is 7.83. The second kappa shape index (κ2) is 5.64. The molecular weight excluding hydrogens is 230 g/mol. The van der Waals surface area contributed by atoms with Crippen LogP contribution in [0.4, 0.5) is 0 Å². The first kappa shape index (κ1) is 14.6. The molecule has 0 unspecified atom stereocenters. The van der Waals surface area contributed by atoms with Crippen LogP contribution in [-0.4, -0.2) is 4.98 Å². The summed E-state index contributed by atoms with van der Waals surface area (Å²) in [5.74, 6) is 2.16. The summed E-state index contributed by atoms with van der Waals surface area (Å²) in [4.78, 5) is 4.71. The zero-order valence-electron chi connectivity index (χ0n) is 13.2. The van der Waals surface area contributed by atoms with Crippen LogP contribution in [0.15, 0.2) is 18.3 Å². The third-order valence-electron chi connectivity index (χ3n) is 4.85. The molecule has 1 aliphatic carbocycles. The van der Waals surface area contributed by atoms with E-state index in [-0.39, 0.29) is 0 Å². The average Bonchev–Trinajstić information content (AvgIpc) is 2.38. The molecule has 1 heteroatoms. The van der Waals surface area contributed by atoms with Crippen molar-refractivity contribution in [3.8, 4) is 0 Å². The monoisotopic (exact) mass is 259 g/mol.